The van der Waals surface area contributed by atoms with Gasteiger partial charge in [0.05, 0.1) is 16.3 Å². The summed E-state index contributed by atoms with van der Waals surface area (Å²) in [6, 6.07) is 7.49. The molecule has 0 saturated carbocycles. The van der Waals surface area contributed by atoms with E-state index >= 15 is 0 Å². The molecule has 1 aromatic carbocycles. The molecule has 1 aromatic heterocycles. The molecule has 1 amide bonds. The fourth-order valence-corrected chi connectivity index (χ4v) is 3.43. The van der Waals surface area contributed by atoms with Gasteiger partial charge in [0.25, 0.3) is 5.91 Å². The van der Waals surface area contributed by atoms with Gasteiger partial charge in [-0.3, -0.25) is 4.79 Å². The van der Waals surface area contributed by atoms with E-state index in [1.54, 1.807) is 23.5 Å². The Kier molecular flexibility index (Phi) is 4.75. The molecule has 0 saturated heterocycles. The van der Waals surface area contributed by atoms with Gasteiger partial charge in [-0.25, -0.2) is 0 Å². The van der Waals surface area contributed by atoms with Crippen LogP contribution in [0.15, 0.2) is 29.6 Å². The summed E-state index contributed by atoms with van der Waals surface area (Å²) >= 11 is 7.98. The molecule has 4 nitrogen and oxygen atoms in total. The van der Waals surface area contributed by atoms with Crippen LogP contribution in [0.2, 0.25) is 5.02 Å². The van der Waals surface area contributed by atoms with Crippen molar-refractivity contribution >= 4 is 40.2 Å². The van der Waals surface area contributed by atoms with E-state index in [1.807, 2.05) is 23.4 Å². The number of hydrogen-bond acceptors (Lipinski definition) is 4. The van der Waals surface area contributed by atoms with Crippen molar-refractivity contribution in [2.24, 2.45) is 5.73 Å². The first kappa shape index (κ1) is 15.7. The first-order valence-electron chi connectivity index (χ1n) is 6.54. The molecule has 1 heterocycles. The molecule has 0 fully saturated rings. The van der Waals surface area contributed by atoms with Crippen molar-refractivity contribution in [1.29, 1.82) is 0 Å². The Morgan fingerprint density at radius 3 is 2.76 bits per heavy atom. The van der Waals surface area contributed by atoms with E-state index in [9.17, 15) is 4.79 Å². The van der Waals surface area contributed by atoms with Crippen LogP contribution in [0.3, 0.4) is 0 Å². The number of carbonyl (C=O) groups excluding carboxylic acids is 1. The average molecular weight is 324 g/mol. The number of amides is 1. The van der Waals surface area contributed by atoms with Gasteiger partial charge in [0.15, 0.2) is 0 Å². The van der Waals surface area contributed by atoms with Crippen molar-refractivity contribution in [1.82, 2.24) is 0 Å². The average Bonchev–Trinajstić information content (AvgIpc) is 2.89. The summed E-state index contributed by atoms with van der Waals surface area (Å²) in [5, 5.41) is 2.48. The Balaban J connectivity index is 2.33. The van der Waals surface area contributed by atoms with Gasteiger partial charge in [-0.05, 0) is 30.5 Å². The zero-order valence-corrected chi connectivity index (χ0v) is 13.5. The van der Waals surface area contributed by atoms with Crippen LogP contribution >= 0.6 is 22.9 Å². The number of thiophene rings is 1. The van der Waals surface area contributed by atoms with Gasteiger partial charge < -0.3 is 16.4 Å². The number of likely N-dealkylation sites (N-methyl/N-ethyl adjacent to an activating group) is 1. The Hall–Kier alpha value is -1.72. The lowest BCUT2D eigenvalue weighted by atomic mass is 10.1. The van der Waals surface area contributed by atoms with Crippen molar-refractivity contribution in [3.8, 4) is 0 Å². The Morgan fingerprint density at radius 1 is 1.48 bits per heavy atom. The first-order chi connectivity index (χ1) is 9.90. The number of nitrogens with two attached hydrogens (primary N) is 2. The Labute approximate surface area is 133 Å². The predicted octanol–water partition coefficient (Wildman–Crippen LogP) is 3.15. The molecular formula is C15H18ClN3OS. The third-order valence-electron chi connectivity index (χ3n) is 3.44. The van der Waals surface area contributed by atoms with E-state index in [0.29, 0.717) is 22.0 Å². The third kappa shape index (κ3) is 3.49. The largest absolute Gasteiger partial charge is 0.399 e. The van der Waals surface area contributed by atoms with Crippen LogP contribution in [0.4, 0.5) is 11.4 Å². The minimum Gasteiger partial charge on any atom is -0.399 e. The van der Waals surface area contributed by atoms with Gasteiger partial charge >= 0.3 is 0 Å². The number of halogens is 1. The second-order valence-electron chi connectivity index (χ2n) is 5.01. The Bertz CT molecular complexity index is 643. The molecule has 0 bridgehead atoms. The monoisotopic (exact) mass is 323 g/mol. The summed E-state index contributed by atoms with van der Waals surface area (Å²) in [5.74, 6) is -0.533. The van der Waals surface area contributed by atoms with Crippen LogP contribution in [0, 0.1) is 0 Å². The molecule has 0 aliphatic carbocycles. The number of nitrogen functional groups attached to an aromatic ring is 1. The maximum absolute atomic E-state index is 11.7. The van der Waals surface area contributed by atoms with Crippen LogP contribution in [0.25, 0.3) is 0 Å². The fraction of sp³-hybridized carbons (Fsp3) is 0.267. The molecule has 1 atom stereocenters. The maximum atomic E-state index is 11.7. The minimum atomic E-state index is -0.533. The molecule has 0 aliphatic rings. The van der Waals surface area contributed by atoms with Crippen LogP contribution < -0.4 is 16.4 Å². The highest BCUT2D eigenvalue weighted by atomic mass is 35.5. The molecule has 2 aromatic rings. The second-order valence-corrected chi connectivity index (χ2v) is 6.45. The molecular weight excluding hydrogens is 306 g/mol. The lowest BCUT2D eigenvalue weighted by Crippen LogP contribution is -2.32. The Morgan fingerprint density at radius 2 is 2.19 bits per heavy atom. The number of anilines is 2. The standard InChI is InChI=1S/C15H18ClN3OS/c1-9(6-11-4-3-5-21-11)19(2)14-12(15(18)20)7-10(17)8-13(14)16/h3-5,7-9H,6,17H2,1-2H3,(H2,18,20). The highest BCUT2D eigenvalue weighted by Crippen LogP contribution is 2.33. The maximum Gasteiger partial charge on any atom is 0.250 e. The summed E-state index contributed by atoms with van der Waals surface area (Å²) < 4.78 is 0. The van der Waals surface area contributed by atoms with Gasteiger partial charge in [0.1, 0.15) is 0 Å². The van der Waals surface area contributed by atoms with Gasteiger partial charge in [-0.2, -0.15) is 0 Å². The smallest absolute Gasteiger partial charge is 0.250 e. The van der Waals surface area contributed by atoms with Crippen LogP contribution in [-0.4, -0.2) is 19.0 Å². The number of primary amides is 1. The minimum absolute atomic E-state index is 0.169. The SMILES string of the molecule is CC(Cc1cccs1)N(C)c1c(Cl)cc(N)cc1C(N)=O. The fourth-order valence-electron chi connectivity index (χ4n) is 2.24. The van der Waals surface area contributed by atoms with Crippen molar-refractivity contribution in [3.05, 3.63) is 45.1 Å². The molecule has 0 spiro atoms. The molecule has 1 unspecified atom stereocenters. The number of benzene rings is 1. The van der Waals surface area contributed by atoms with Crippen molar-refractivity contribution in [2.75, 3.05) is 17.7 Å². The van der Waals surface area contributed by atoms with E-state index in [0.717, 1.165) is 6.42 Å². The number of hydrogen-bond donors (Lipinski definition) is 2. The molecule has 112 valence electrons. The highest BCUT2D eigenvalue weighted by molar-refractivity contribution is 7.09. The van der Waals surface area contributed by atoms with Crippen molar-refractivity contribution in [2.45, 2.75) is 19.4 Å². The number of rotatable bonds is 5. The van der Waals surface area contributed by atoms with E-state index in [4.69, 9.17) is 23.1 Å². The van der Waals surface area contributed by atoms with Crippen molar-refractivity contribution < 1.29 is 4.79 Å². The molecule has 0 aliphatic heterocycles. The topological polar surface area (TPSA) is 72.3 Å². The zero-order chi connectivity index (χ0) is 15.6. The predicted molar refractivity (Wildman–Crippen MR) is 90.3 cm³/mol. The molecule has 6 heteroatoms. The van der Waals surface area contributed by atoms with Gasteiger partial charge in [0, 0.05) is 30.1 Å². The number of nitrogens with zero attached hydrogens (tertiary/aromatic N) is 1. The summed E-state index contributed by atoms with van der Waals surface area (Å²) in [5.41, 5.74) is 12.6. The second kappa shape index (κ2) is 6.37. The van der Waals surface area contributed by atoms with E-state index in [-0.39, 0.29) is 6.04 Å². The molecule has 4 N–H and O–H groups in total. The zero-order valence-electron chi connectivity index (χ0n) is 12.0. The van der Waals surface area contributed by atoms with E-state index < -0.39 is 5.91 Å². The van der Waals surface area contributed by atoms with E-state index in [1.165, 1.54) is 4.88 Å². The quantitative estimate of drug-likeness (QED) is 0.830. The first-order valence-corrected chi connectivity index (χ1v) is 7.80. The number of carbonyl (C=O) groups is 1. The summed E-state index contributed by atoms with van der Waals surface area (Å²) in [6.45, 7) is 2.08. The summed E-state index contributed by atoms with van der Waals surface area (Å²) in [4.78, 5) is 14.9. The summed E-state index contributed by atoms with van der Waals surface area (Å²) in [6.07, 6.45) is 0.868. The molecule has 0 radical (unpaired) electrons. The van der Waals surface area contributed by atoms with Gasteiger partial charge in [0.2, 0.25) is 0 Å². The molecule has 2 rings (SSSR count). The van der Waals surface area contributed by atoms with Crippen LogP contribution in [0.5, 0.6) is 0 Å². The van der Waals surface area contributed by atoms with Crippen LogP contribution in [-0.2, 0) is 6.42 Å². The lowest BCUT2D eigenvalue weighted by molar-refractivity contribution is 0.100. The normalized spacial score (nSPS) is 12.1. The molecule has 21 heavy (non-hydrogen) atoms. The van der Waals surface area contributed by atoms with E-state index in [2.05, 4.69) is 13.0 Å². The lowest BCUT2D eigenvalue weighted by Gasteiger charge is -2.29. The van der Waals surface area contributed by atoms with Gasteiger partial charge in [-0.15, -0.1) is 11.3 Å². The third-order valence-corrected chi connectivity index (χ3v) is 4.63. The van der Waals surface area contributed by atoms with Crippen LogP contribution in [0.1, 0.15) is 22.2 Å². The van der Waals surface area contributed by atoms with Crippen molar-refractivity contribution in [3.63, 3.8) is 0 Å². The summed E-state index contributed by atoms with van der Waals surface area (Å²) in [7, 11) is 1.90. The van der Waals surface area contributed by atoms with Gasteiger partial charge in [-0.1, -0.05) is 17.7 Å². The highest BCUT2D eigenvalue weighted by Gasteiger charge is 2.20.